The Balaban J connectivity index is 3.34. The Morgan fingerprint density at radius 3 is 2.00 bits per heavy atom. The number of nitrogens with one attached hydrogen (secondary N) is 2. The molecule has 2 N–H and O–H groups in total. The van der Waals surface area contributed by atoms with E-state index < -0.39 is 0 Å². The Morgan fingerprint density at radius 1 is 1.00 bits per heavy atom. The SMILES string of the molecule is CCCC(CCC)NCCNC. The van der Waals surface area contributed by atoms with Crippen LogP contribution < -0.4 is 10.6 Å². The first kappa shape index (κ1) is 11.9. The highest BCUT2D eigenvalue weighted by Crippen LogP contribution is 2.03. The summed E-state index contributed by atoms with van der Waals surface area (Å²) in [5.74, 6) is 0. The lowest BCUT2D eigenvalue weighted by atomic mass is 10.1. The first-order chi connectivity index (χ1) is 5.85. The average Bonchev–Trinajstić information content (AvgIpc) is 2.06. The predicted molar refractivity (Wildman–Crippen MR) is 55.5 cm³/mol. The summed E-state index contributed by atoms with van der Waals surface area (Å²) in [6, 6.07) is 0.744. The molecule has 12 heavy (non-hydrogen) atoms. The molecule has 0 aliphatic heterocycles. The number of hydrogen-bond acceptors (Lipinski definition) is 2. The van der Waals surface area contributed by atoms with Crippen molar-refractivity contribution in [3.8, 4) is 0 Å². The van der Waals surface area contributed by atoms with Crippen LogP contribution in [0.2, 0.25) is 0 Å². The zero-order valence-electron chi connectivity index (χ0n) is 8.82. The molecule has 0 bridgehead atoms. The molecule has 0 radical (unpaired) electrons. The predicted octanol–water partition coefficient (Wildman–Crippen LogP) is 1.76. The lowest BCUT2D eigenvalue weighted by Crippen LogP contribution is -2.34. The molecule has 2 heteroatoms. The van der Waals surface area contributed by atoms with E-state index >= 15 is 0 Å². The largest absolute Gasteiger partial charge is 0.318 e. The molecule has 2 nitrogen and oxygen atoms in total. The summed E-state index contributed by atoms with van der Waals surface area (Å²) >= 11 is 0. The molecule has 74 valence electrons. The normalized spacial score (nSPS) is 11.0. The van der Waals surface area contributed by atoms with Gasteiger partial charge in [-0.2, -0.15) is 0 Å². The van der Waals surface area contributed by atoms with Gasteiger partial charge in [-0.15, -0.1) is 0 Å². The van der Waals surface area contributed by atoms with Gasteiger partial charge in [0, 0.05) is 19.1 Å². The van der Waals surface area contributed by atoms with Gasteiger partial charge in [0.2, 0.25) is 0 Å². The van der Waals surface area contributed by atoms with Crippen molar-refractivity contribution in [1.29, 1.82) is 0 Å². The van der Waals surface area contributed by atoms with Crippen molar-refractivity contribution in [2.45, 2.75) is 45.6 Å². The minimum absolute atomic E-state index is 0.744. The van der Waals surface area contributed by atoms with E-state index in [1.807, 2.05) is 7.05 Å². The summed E-state index contributed by atoms with van der Waals surface area (Å²) in [6.07, 6.45) is 5.21. The Labute approximate surface area is 77.1 Å². The minimum Gasteiger partial charge on any atom is -0.318 e. The fourth-order valence-corrected chi connectivity index (χ4v) is 1.45. The molecule has 0 saturated heterocycles. The van der Waals surface area contributed by atoms with E-state index in [4.69, 9.17) is 0 Å². The molecular weight excluding hydrogens is 148 g/mol. The molecule has 0 unspecified atom stereocenters. The van der Waals surface area contributed by atoms with Crippen LogP contribution in [0.25, 0.3) is 0 Å². The smallest absolute Gasteiger partial charge is 0.00792 e. The van der Waals surface area contributed by atoms with Crippen molar-refractivity contribution >= 4 is 0 Å². The highest BCUT2D eigenvalue weighted by Gasteiger charge is 2.03. The van der Waals surface area contributed by atoms with Gasteiger partial charge in [0.25, 0.3) is 0 Å². The third kappa shape index (κ3) is 6.62. The Morgan fingerprint density at radius 2 is 1.58 bits per heavy atom. The van der Waals surface area contributed by atoms with E-state index in [-0.39, 0.29) is 0 Å². The second-order valence-corrected chi connectivity index (χ2v) is 3.33. The highest BCUT2D eigenvalue weighted by molar-refractivity contribution is 4.65. The summed E-state index contributed by atoms with van der Waals surface area (Å²) < 4.78 is 0. The fraction of sp³-hybridized carbons (Fsp3) is 1.00. The van der Waals surface area contributed by atoms with E-state index in [1.165, 1.54) is 25.7 Å². The molecular formula is C10H24N2. The Bertz CT molecular complexity index is 77.9. The molecule has 0 spiro atoms. The van der Waals surface area contributed by atoms with Crippen molar-refractivity contribution in [3.63, 3.8) is 0 Å². The van der Waals surface area contributed by atoms with Crippen molar-refractivity contribution in [3.05, 3.63) is 0 Å². The average molecular weight is 172 g/mol. The molecule has 0 saturated carbocycles. The molecule has 0 amide bonds. The Hall–Kier alpha value is -0.0800. The van der Waals surface area contributed by atoms with Gasteiger partial charge in [0.1, 0.15) is 0 Å². The zero-order valence-corrected chi connectivity index (χ0v) is 8.82. The second kappa shape index (κ2) is 9.01. The van der Waals surface area contributed by atoms with Crippen LogP contribution in [0.4, 0.5) is 0 Å². The van der Waals surface area contributed by atoms with Crippen molar-refractivity contribution in [2.75, 3.05) is 20.1 Å². The third-order valence-electron chi connectivity index (χ3n) is 2.08. The summed E-state index contributed by atoms with van der Waals surface area (Å²) in [6.45, 7) is 6.68. The van der Waals surface area contributed by atoms with Crippen LogP contribution >= 0.6 is 0 Å². The molecule has 0 aliphatic rings. The van der Waals surface area contributed by atoms with Gasteiger partial charge in [-0.25, -0.2) is 0 Å². The topological polar surface area (TPSA) is 24.1 Å². The zero-order chi connectivity index (χ0) is 9.23. The highest BCUT2D eigenvalue weighted by atomic mass is 14.9. The fourth-order valence-electron chi connectivity index (χ4n) is 1.45. The summed E-state index contributed by atoms with van der Waals surface area (Å²) in [7, 11) is 2.00. The summed E-state index contributed by atoms with van der Waals surface area (Å²) in [4.78, 5) is 0. The first-order valence-corrected chi connectivity index (χ1v) is 5.23. The van der Waals surface area contributed by atoms with Crippen LogP contribution in [-0.4, -0.2) is 26.2 Å². The van der Waals surface area contributed by atoms with Gasteiger partial charge in [0.15, 0.2) is 0 Å². The monoisotopic (exact) mass is 172 g/mol. The quantitative estimate of drug-likeness (QED) is 0.545. The minimum atomic E-state index is 0.744. The molecule has 0 fully saturated rings. The molecule has 0 aliphatic carbocycles. The molecule has 0 heterocycles. The van der Waals surface area contributed by atoms with E-state index in [9.17, 15) is 0 Å². The van der Waals surface area contributed by atoms with Gasteiger partial charge in [0.05, 0.1) is 0 Å². The number of rotatable bonds is 8. The van der Waals surface area contributed by atoms with Crippen LogP contribution in [0.15, 0.2) is 0 Å². The molecule has 0 rings (SSSR count). The Kier molecular flexibility index (Phi) is 8.95. The molecule has 0 atom stereocenters. The van der Waals surface area contributed by atoms with Gasteiger partial charge < -0.3 is 10.6 Å². The van der Waals surface area contributed by atoms with E-state index in [2.05, 4.69) is 24.5 Å². The lowest BCUT2D eigenvalue weighted by molar-refractivity contribution is 0.444. The maximum atomic E-state index is 3.56. The molecule has 0 aromatic carbocycles. The maximum absolute atomic E-state index is 3.56. The van der Waals surface area contributed by atoms with Crippen molar-refractivity contribution in [2.24, 2.45) is 0 Å². The first-order valence-electron chi connectivity index (χ1n) is 5.23. The third-order valence-corrected chi connectivity index (χ3v) is 2.08. The van der Waals surface area contributed by atoms with Gasteiger partial charge >= 0.3 is 0 Å². The molecule has 0 aromatic heterocycles. The summed E-state index contributed by atoms with van der Waals surface area (Å²) in [5, 5.41) is 6.70. The van der Waals surface area contributed by atoms with E-state index in [0.717, 1.165) is 19.1 Å². The number of hydrogen-bond donors (Lipinski definition) is 2. The van der Waals surface area contributed by atoms with Crippen LogP contribution in [-0.2, 0) is 0 Å². The summed E-state index contributed by atoms with van der Waals surface area (Å²) in [5.41, 5.74) is 0. The lowest BCUT2D eigenvalue weighted by Gasteiger charge is -2.16. The maximum Gasteiger partial charge on any atom is 0.00792 e. The van der Waals surface area contributed by atoms with Crippen LogP contribution in [0.5, 0.6) is 0 Å². The van der Waals surface area contributed by atoms with Crippen molar-refractivity contribution < 1.29 is 0 Å². The van der Waals surface area contributed by atoms with Crippen LogP contribution in [0.3, 0.4) is 0 Å². The van der Waals surface area contributed by atoms with E-state index in [1.54, 1.807) is 0 Å². The standard InChI is InChI=1S/C10H24N2/c1-4-6-10(7-5-2)12-9-8-11-3/h10-12H,4-9H2,1-3H3. The van der Waals surface area contributed by atoms with Gasteiger partial charge in [-0.3, -0.25) is 0 Å². The van der Waals surface area contributed by atoms with Gasteiger partial charge in [-0.1, -0.05) is 26.7 Å². The van der Waals surface area contributed by atoms with Crippen molar-refractivity contribution in [1.82, 2.24) is 10.6 Å². The van der Waals surface area contributed by atoms with Gasteiger partial charge in [-0.05, 0) is 19.9 Å². The second-order valence-electron chi connectivity index (χ2n) is 3.33. The van der Waals surface area contributed by atoms with E-state index in [0.29, 0.717) is 0 Å². The number of likely N-dealkylation sites (N-methyl/N-ethyl adjacent to an activating group) is 1. The van der Waals surface area contributed by atoms with Crippen LogP contribution in [0, 0.1) is 0 Å². The molecule has 0 aromatic rings. The van der Waals surface area contributed by atoms with Crippen LogP contribution in [0.1, 0.15) is 39.5 Å².